The molecule has 3 rings (SSSR count). The number of benzene rings is 1. The van der Waals surface area contributed by atoms with Crippen molar-refractivity contribution in [1.82, 2.24) is 0 Å². The summed E-state index contributed by atoms with van der Waals surface area (Å²) in [7, 11) is 0. The van der Waals surface area contributed by atoms with Crippen LogP contribution in [0.3, 0.4) is 0 Å². The molecule has 1 amide bonds. The minimum atomic E-state index is -4.43. The van der Waals surface area contributed by atoms with Gasteiger partial charge in [-0.15, -0.1) is 0 Å². The van der Waals surface area contributed by atoms with Crippen molar-refractivity contribution < 1.29 is 18.0 Å². The number of anilines is 1. The van der Waals surface area contributed by atoms with Gasteiger partial charge in [0, 0.05) is 11.3 Å². The molecule has 27 heavy (non-hydrogen) atoms. The van der Waals surface area contributed by atoms with Crippen LogP contribution in [0.2, 0.25) is 0 Å². The highest BCUT2D eigenvalue weighted by atomic mass is 19.4. The summed E-state index contributed by atoms with van der Waals surface area (Å²) >= 11 is 0. The number of hydrogen-bond acceptors (Lipinski definition) is 1. The molecule has 0 spiro atoms. The van der Waals surface area contributed by atoms with Gasteiger partial charge in [0.1, 0.15) is 0 Å². The van der Waals surface area contributed by atoms with Crippen LogP contribution >= 0.6 is 0 Å². The summed E-state index contributed by atoms with van der Waals surface area (Å²) in [6.45, 7) is 3.71. The molecule has 2 nitrogen and oxygen atoms in total. The zero-order chi connectivity index (χ0) is 19.6. The van der Waals surface area contributed by atoms with Crippen LogP contribution < -0.4 is 5.32 Å². The van der Waals surface area contributed by atoms with Gasteiger partial charge in [0.15, 0.2) is 0 Å². The number of nitrogens with one attached hydrogen (secondary N) is 1. The Labute approximate surface area is 158 Å². The second kappa shape index (κ2) is 7.91. The van der Waals surface area contributed by atoms with Crippen LogP contribution in [-0.4, -0.2) is 5.91 Å². The Hall–Kier alpha value is -2.04. The highest BCUT2D eigenvalue weighted by Crippen LogP contribution is 2.37. The fraction of sp³-hybridized carbons (Fsp3) is 0.500. The lowest BCUT2D eigenvalue weighted by Crippen LogP contribution is -2.19. The fourth-order valence-corrected chi connectivity index (χ4v) is 4.03. The van der Waals surface area contributed by atoms with Gasteiger partial charge >= 0.3 is 6.18 Å². The van der Waals surface area contributed by atoms with Crippen LogP contribution in [0, 0.1) is 18.8 Å². The number of aryl methyl sites for hydroxylation is 1. The summed E-state index contributed by atoms with van der Waals surface area (Å²) in [6, 6.07) is 3.90. The van der Waals surface area contributed by atoms with E-state index in [0.717, 1.165) is 18.4 Å². The average Bonchev–Trinajstić information content (AvgIpc) is 2.63. The van der Waals surface area contributed by atoms with E-state index >= 15 is 0 Å². The SMILES string of the molecule is Cc1ccc(NC(=O)C2=CC=C(C3CCC(C)CC3)CC2)cc1C(F)(F)F. The van der Waals surface area contributed by atoms with E-state index in [0.29, 0.717) is 17.9 Å². The number of hydrogen-bond donors (Lipinski definition) is 1. The van der Waals surface area contributed by atoms with Crippen molar-refractivity contribution in [3.8, 4) is 0 Å². The fourth-order valence-electron chi connectivity index (χ4n) is 4.03. The van der Waals surface area contributed by atoms with Gasteiger partial charge in [-0.3, -0.25) is 4.79 Å². The maximum absolute atomic E-state index is 13.0. The van der Waals surface area contributed by atoms with E-state index in [4.69, 9.17) is 0 Å². The number of amides is 1. The van der Waals surface area contributed by atoms with Crippen molar-refractivity contribution >= 4 is 11.6 Å². The third-order valence-electron chi connectivity index (χ3n) is 5.81. The first-order valence-electron chi connectivity index (χ1n) is 9.63. The highest BCUT2D eigenvalue weighted by Gasteiger charge is 2.32. The van der Waals surface area contributed by atoms with Gasteiger partial charge in [-0.1, -0.05) is 43.6 Å². The van der Waals surface area contributed by atoms with Crippen LogP contribution in [0.4, 0.5) is 18.9 Å². The topological polar surface area (TPSA) is 29.1 Å². The van der Waals surface area contributed by atoms with Crippen molar-refractivity contribution in [3.05, 3.63) is 52.6 Å². The predicted octanol–water partition coefficient (Wildman–Crippen LogP) is 6.43. The predicted molar refractivity (Wildman–Crippen MR) is 101 cm³/mol. The normalized spacial score (nSPS) is 23.4. The van der Waals surface area contributed by atoms with Gasteiger partial charge in [0.2, 0.25) is 0 Å². The minimum Gasteiger partial charge on any atom is -0.322 e. The zero-order valence-electron chi connectivity index (χ0n) is 15.8. The van der Waals surface area contributed by atoms with Crippen molar-refractivity contribution in [2.24, 2.45) is 11.8 Å². The van der Waals surface area contributed by atoms with E-state index in [-0.39, 0.29) is 17.2 Å². The number of halogens is 3. The van der Waals surface area contributed by atoms with E-state index in [1.54, 1.807) is 0 Å². The van der Waals surface area contributed by atoms with Gasteiger partial charge in [-0.2, -0.15) is 13.2 Å². The average molecular weight is 377 g/mol. The van der Waals surface area contributed by atoms with Gasteiger partial charge in [0.05, 0.1) is 5.56 Å². The van der Waals surface area contributed by atoms with Crippen LogP contribution in [0.1, 0.15) is 56.6 Å². The zero-order valence-corrected chi connectivity index (χ0v) is 15.8. The molecule has 1 aromatic carbocycles. The van der Waals surface area contributed by atoms with Crippen molar-refractivity contribution in [1.29, 1.82) is 0 Å². The van der Waals surface area contributed by atoms with E-state index < -0.39 is 11.7 Å². The first-order valence-corrected chi connectivity index (χ1v) is 9.63. The van der Waals surface area contributed by atoms with E-state index in [2.05, 4.69) is 18.3 Å². The van der Waals surface area contributed by atoms with Crippen LogP contribution in [0.5, 0.6) is 0 Å². The van der Waals surface area contributed by atoms with Crippen LogP contribution in [-0.2, 0) is 11.0 Å². The molecular formula is C22H26F3NO. The molecule has 0 heterocycles. The molecule has 1 N–H and O–H groups in total. The van der Waals surface area contributed by atoms with Gasteiger partial charge in [-0.25, -0.2) is 0 Å². The summed E-state index contributed by atoms with van der Waals surface area (Å²) in [4.78, 5) is 12.4. The number of alkyl halides is 3. The van der Waals surface area contributed by atoms with E-state index in [9.17, 15) is 18.0 Å². The Bertz CT molecular complexity index is 768. The molecule has 0 atom stereocenters. The summed E-state index contributed by atoms with van der Waals surface area (Å²) < 4.78 is 39.1. The molecule has 1 saturated carbocycles. The maximum Gasteiger partial charge on any atom is 0.416 e. The molecule has 0 aromatic heterocycles. The van der Waals surface area contributed by atoms with Gasteiger partial charge in [-0.05, 0) is 62.1 Å². The second-order valence-electron chi connectivity index (χ2n) is 7.87. The summed E-state index contributed by atoms with van der Waals surface area (Å²) in [5.41, 5.74) is 1.64. The molecule has 0 unspecified atom stereocenters. The Morgan fingerprint density at radius 2 is 1.78 bits per heavy atom. The highest BCUT2D eigenvalue weighted by molar-refractivity contribution is 6.04. The summed E-state index contributed by atoms with van der Waals surface area (Å²) in [6.07, 6.45) is 5.91. The maximum atomic E-state index is 13.0. The standard InChI is InChI=1S/C22H26F3NO/c1-14-3-6-16(7-4-14)17-8-10-18(11-9-17)21(27)26-19-12-5-15(2)20(13-19)22(23,24)25/h5,8,10,12-14,16H,3-4,6-7,9,11H2,1-2H3,(H,26,27). The lowest BCUT2D eigenvalue weighted by molar-refractivity contribution is -0.138. The van der Waals surface area contributed by atoms with E-state index in [1.807, 2.05) is 6.08 Å². The number of rotatable bonds is 3. The Morgan fingerprint density at radius 1 is 1.07 bits per heavy atom. The van der Waals surface area contributed by atoms with E-state index in [1.165, 1.54) is 50.3 Å². The Morgan fingerprint density at radius 3 is 2.37 bits per heavy atom. The Kier molecular flexibility index (Phi) is 5.78. The lowest BCUT2D eigenvalue weighted by Gasteiger charge is -2.29. The third-order valence-corrected chi connectivity index (χ3v) is 5.81. The first-order chi connectivity index (χ1) is 12.7. The number of allylic oxidation sites excluding steroid dienone is 3. The monoisotopic (exact) mass is 377 g/mol. The first kappa shape index (κ1) is 19.7. The van der Waals surface area contributed by atoms with Crippen molar-refractivity contribution in [2.75, 3.05) is 5.32 Å². The largest absolute Gasteiger partial charge is 0.416 e. The Balaban J connectivity index is 1.67. The van der Waals surface area contributed by atoms with Gasteiger partial charge in [0.25, 0.3) is 5.91 Å². The van der Waals surface area contributed by atoms with Crippen LogP contribution in [0.15, 0.2) is 41.5 Å². The quantitative estimate of drug-likeness (QED) is 0.646. The summed E-state index contributed by atoms with van der Waals surface area (Å²) in [5.74, 6) is 1.10. The number of carbonyl (C=O) groups excluding carboxylic acids is 1. The molecular weight excluding hydrogens is 351 g/mol. The second-order valence-corrected chi connectivity index (χ2v) is 7.87. The molecule has 1 fully saturated rings. The molecule has 2 aliphatic rings. The van der Waals surface area contributed by atoms with Crippen LogP contribution in [0.25, 0.3) is 0 Å². The minimum absolute atomic E-state index is 0.145. The van der Waals surface area contributed by atoms with Crippen molar-refractivity contribution in [2.45, 2.75) is 58.5 Å². The number of carbonyl (C=O) groups is 1. The molecule has 0 saturated heterocycles. The third kappa shape index (κ3) is 4.82. The molecule has 1 aromatic rings. The summed E-state index contributed by atoms with van der Waals surface area (Å²) in [5, 5.41) is 2.62. The molecule has 0 radical (unpaired) electrons. The molecule has 0 aliphatic heterocycles. The lowest BCUT2D eigenvalue weighted by atomic mass is 9.76. The molecule has 0 bridgehead atoms. The smallest absolute Gasteiger partial charge is 0.322 e. The molecule has 5 heteroatoms. The van der Waals surface area contributed by atoms with Crippen molar-refractivity contribution in [3.63, 3.8) is 0 Å². The van der Waals surface area contributed by atoms with Gasteiger partial charge < -0.3 is 5.32 Å². The molecule has 146 valence electrons. The molecule has 2 aliphatic carbocycles.